The number of carbonyl (C=O) groups excluding carboxylic acids is 1. The van der Waals surface area contributed by atoms with Gasteiger partial charge in [0.2, 0.25) is 0 Å². The molecule has 1 atom stereocenters. The van der Waals surface area contributed by atoms with Gasteiger partial charge < -0.3 is 11.5 Å². The molecule has 0 aliphatic carbocycles. The van der Waals surface area contributed by atoms with Gasteiger partial charge in [0.1, 0.15) is 0 Å². The molecule has 0 saturated heterocycles. The molecule has 0 aromatic heterocycles. The van der Waals surface area contributed by atoms with Crippen LogP contribution in [0.2, 0.25) is 0 Å². The lowest BCUT2D eigenvalue weighted by Crippen LogP contribution is -2.24. The number of guanidine groups is 1. The number of aliphatic imine (C=N–C) groups is 1. The van der Waals surface area contributed by atoms with Crippen molar-refractivity contribution in [2.24, 2.45) is 16.5 Å². The number of benzene rings is 1. The van der Waals surface area contributed by atoms with Crippen molar-refractivity contribution in [3.63, 3.8) is 0 Å². The third-order valence-electron chi connectivity index (χ3n) is 3.01. The fourth-order valence-electron chi connectivity index (χ4n) is 1.89. The van der Waals surface area contributed by atoms with Crippen molar-refractivity contribution in [1.82, 2.24) is 0 Å². The first-order chi connectivity index (χ1) is 9.57. The minimum Gasteiger partial charge on any atom is -0.370 e. The number of amides is 1. The Morgan fingerprint density at radius 1 is 1.38 bits per heavy atom. The van der Waals surface area contributed by atoms with Crippen LogP contribution in [0.4, 0.5) is 13.2 Å². The molecule has 21 heavy (non-hydrogen) atoms. The van der Waals surface area contributed by atoms with E-state index in [0.29, 0.717) is 5.56 Å². The summed E-state index contributed by atoms with van der Waals surface area (Å²) in [5.74, 6) is -1.92. The highest BCUT2D eigenvalue weighted by atomic mass is 19.4. The quantitative estimate of drug-likeness (QED) is 0.511. The SMILES string of the molecule is C=CC(C)c1cc(C)c(C(=O)N=C(N)N)cc1C(F)(F)F. The second-order valence-electron chi connectivity index (χ2n) is 4.62. The van der Waals surface area contributed by atoms with E-state index in [-0.39, 0.29) is 11.1 Å². The molecule has 0 aliphatic heterocycles. The first-order valence-electron chi connectivity index (χ1n) is 6.06. The molecular weight excluding hydrogens is 283 g/mol. The number of nitrogens with zero attached hydrogens (tertiary/aromatic N) is 1. The Labute approximate surface area is 120 Å². The van der Waals surface area contributed by atoms with Gasteiger partial charge in [-0.15, -0.1) is 6.58 Å². The van der Waals surface area contributed by atoms with Crippen LogP contribution >= 0.6 is 0 Å². The number of halogens is 3. The summed E-state index contributed by atoms with van der Waals surface area (Å²) in [4.78, 5) is 15.0. The molecule has 4 nitrogen and oxygen atoms in total. The fourth-order valence-corrected chi connectivity index (χ4v) is 1.89. The molecule has 0 bridgehead atoms. The van der Waals surface area contributed by atoms with Crippen LogP contribution in [0.1, 0.15) is 39.9 Å². The normalized spacial score (nSPS) is 12.6. The van der Waals surface area contributed by atoms with Crippen molar-refractivity contribution in [1.29, 1.82) is 0 Å². The molecular formula is C14H16F3N3O. The van der Waals surface area contributed by atoms with E-state index >= 15 is 0 Å². The summed E-state index contributed by atoms with van der Waals surface area (Å²) >= 11 is 0. The first-order valence-corrected chi connectivity index (χ1v) is 6.06. The number of nitrogens with two attached hydrogens (primary N) is 2. The largest absolute Gasteiger partial charge is 0.416 e. The third-order valence-corrected chi connectivity index (χ3v) is 3.01. The molecule has 0 saturated carbocycles. The Morgan fingerprint density at radius 2 is 1.95 bits per heavy atom. The van der Waals surface area contributed by atoms with E-state index in [1.807, 2.05) is 0 Å². The maximum absolute atomic E-state index is 13.2. The first kappa shape index (κ1) is 16.7. The van der Waals surface area contributed by atoms with E-state index < -0.39 is 29.5 Å². The van der Waals surface area contributed by atoms with E-state index in [9.17, 15) is 18.0 Å². The lowest BCUT2D eigenvalue weighted by molar-refractivity contribution is -0.138. The van der Waals surface area contributed by atoms with Crippen molar-refractivity contribution >= 4 is 11.9 Å². The summed E-state index contributed by atoms with van der Waals surface area (Å²) in [5, 5.41) is 0. The van der Waals surface area contributed by atoms with Gasteiger partial charge >= 0.3 is 6.18 Å². The van der Waals surface area contributed by atoms with Gasteiger partial charge in [0.25, 0.3) is 5.91 Å². The zero-order valence-electron chi connectivity index (χ0n) is 11.7. The van der Waals surface area contributed by atoms with Gasteiger partial charge in [-0.25, -0.2) is 0 Å². The van der Waals surface area contributed by atoms with Crippen molar-refractivity contribution in [3.8, 4) is 0 Å². The topological polar surface area (TPSA) is 81.5 Å². The fraction of sp³-hybridized carbons (Fsp3) is 0.286. The molecule has 1 amide bonds. The van der Waals surface area contributed by atoms with E-state index in [1.54, 1.807) is 6.92 Å². The highest BCUT2D eigenvalue weighted by molar-refractivity contribution is 6.03. The number of hydrogen-bond donors (Lipinski definition) is 2. The van der Waals surface area contributed by atoms with Gasteiger partial charge in [-0.05, 0) is 30.0 Å². The smallest absolute Gasteiger partial charge is 0.370 e. The van der Waals surface area contributed by atoms with E-state index in [4.69, 9.17) is 11.5 Å². The predicted octanol–water partition coefficient (Wildman–Crippen LogP) is 2.72. The molecule has 0 heterocycles. The standard InChI is InChI=1S/C14H16F3N3O/c1-4-7(2)9-5-8(3)10(12(21)20-13(18)19)6-11(9)14(15,16)17/h4-7H,1H2,2-3H3,(H4,18,19,20,21). The van der Waals surface area contributed by atoms with Crippen LogP contribution in [0, 0.1) is 6.92 Å². The third kappa shape index (κ3) is 3.84. The van der Waals surface area contributed by atoms with Crippen LogP contribution in [-0.4, -0.2) is 11.9 Å². The molecule has 0 spiro atoms. The van der Waals surface area contributed by atoms with Gasteiger partial charge in [-0.1, -0.05) is 19.1 Å². The molecule has 7 heteroatoms. The lowest BCUT2D eigenvalue weighted by atomic mass is 9.91. The Morgan fingerprint density at radius 3 is 2.38 bits per heavy atom. The molecule has 1 unspecified atom stereocenters. The van der Waals surface area contributed by atoms with Gasteiger partial charge in [0.15, 0.2) is 5.96 Å². The van der Waals surface area contributed by atoms with Crippen molar-refractivity contribution in [3.05, 3.63) is 47.0 Å². The van der Waals surface area contributed by atoms with Crippen LogP contribution in [0.3, 0.4) is 0 Å². The number of carbonyl (C=O) groups is 1. The number of rotatable bonds is 3. The van der Waals surface area contributed by atoms with Crippen LogP contribution in [-0.2, 0) is 6.18 Å². The van der Waals surface area contributed by atoms with Crippen molar-refractivity contribution < 1.29 is 18.0 Å². The van der Waals surface area contributed by atoms with Crippen molar-refractivity contribution in [2.45, 2.75) is 25.9 Å². The zero-order valence-corrected chi connectivity index (χ0v) is 11.7. The summed E-state index contributed by atoms with van der Waals surface area (Å²) in [6.07, 6.45) is -3.19. The number of alkyl halides is 3. The van der Waals surface area contributed by atoms with Crippen molar-refractivity contribution in [2.75, 3.05) is 0 Å². The van der Waals surface area contributed by atoms with Gasteiger partial charge in [-0.2, -0.15) is 18.2 Å². The Bertz CT molecular complexity index is 602. The Balaban J connectivity index is 3.56. The second-order valence-corrected chi connectivity index (χ2v) is 4.62. The average Bonchev–Trinajstić information content (AvgIpc) is 2.34. The Hall–Kier alpha value is -2.31. The molecule has 0 fully saturated rings. The molecule has 4 N–H and O–H groups in total. The summed E-state index contributed by atoms with van der Waals surface area (Å²) in [7, 11) is 0. The lowest BCUT2D eigenvalue weighted by Gasteiger charge is -2.18. The molecule has 0 aliphatic rings. The number of aryl methyl sites for hydroxylation is 1. The predicted molar refractivity (Wildman–Crippen MR) is 74.9 cm³/mol. The maximum atomic E-state index is 13.2. The summed E-state index contributed by atoms with van der Waals surface area (Å²) in [5.41, 5.74) is 9.49. The van der Waals surface area contributed by atoms with Gasteiger partial charge in [-0.3, -0.25) is 4.79 Å². The second kappa shape index (κ2) is 5.99. The average molecular weight is 299 g/mol. The highest BCUT2D eigenvalue weighted by Gasteiger charge is 2.35. The summed E-state index contributed by atoms with van der Waals surface area (Å²) in [6, 6.07) is 2.09. The molecule has 1 aromatic rings. The zero-order chi connectivity index (χ0) is 16.4. The summed E-state index contributed by atoms with van der Waals surface area (Å²) in [6.45, 7) is 6.61. The number of allylic oxidation sites excluding steroid dienone is 1. The van der Waals surface area contributed by atoms with E-state index in [1.165, 1.54) is 19.1 Å². The molecule has 0 radical (unpaired) electrons. The van der Waals surface area contributed by atoms with Crippen LogP contribution in [0.15, 0.2) is 29.8 Å². The minimum atomic E-state index is -4.59. The van der Waals surface area contributed by atoms with Gasteiger partial charge in [0, 0.05) is 5.56 Å². The van der Waals surface area contributed by atoms with E-state index in [2.05, 4.69) is 11.6 Å². The van der Waals surface area contributed by atoms with E-state index in [0.717, 1.165) is 6.07 Å². The monoisotopic (exact) mass is 299 g/mol. The Kier molecular flexibility index (Phi) is 4.77. The van der Waals surface area contributed by atoms with Crippen LogP contribution in [0.5, 0.6) is 0 Å². The van der Waals surface area contributed by atoms with Crippen LogP contribution in [0.25, 0.3) is 0 Å². The van der Waals surface area contributed by atoms with Crippen LogP contribution < -0.4 is 11.5 Å². The molecule has 114 valence electrons. The number of hydrogen-bond acceptors (Lipinski definition) is 1. The van der Waals surface area contributed by atoms with Gasteiger partial charge in [0.05, 0.1) is 5.56 Å². The summed E-state index contributed by atoms with van der Waals surface area (Å²) < 4.78 is 39.5. The minimum absolute atomic E-state index is 0.0521. The maximum Gasteiger partial charge on any atom is 0.416 e. The molecule has 1 rings (SSSR count). The molecule has 1 aromatic carbocycles. The highest BCUT2D eigenvalue weighted by Crippen LogP contribution is 2.37.